The third-order valence-electron chi connectivity index (χ3n) is 4.57. The number of carbonyl (C=O) groups excluding carboxylic acids is 1. The van der Waals surface area contributed by atoms with Crippen LogP contribution in [0.3, 0.4) is 0 Å². The van der Waals surface area contributed by atoms with Crippen LogP contribution in [0.2, 0.25) is 0 Å². The second-order valence-electron chi connectivity index (χ2n) is 6.43. The normalized spacial score (nSPS) is 14.5. The van der Waals surface area contributed by atoms with Gasteiger partial charge in [-0.15, -0.1) is 0 Å². The molecule has 0 unspecified atom stereocenters. The number of hydrogen-bond acceptors (Lipinski definition) is 2. The summed E-state index contributed by atoms with van der Waals surface area (Å²) in [6.07, 6.45) is 3.47. The minimum absolute atomic E-state index is 0.216. The zero-order chi connectivity index (χ0) is 19.7. The summed E-state index contributed by atoms with van der Waals surface area (Å²) in [6, 6.07) is 11.3. The molecule has 1 amide bonds. The number of imidazole rings is 1. The summed E-state index contributed by atoms with van der Waals surface area (Å²) in [5.41, 5.74) is 0.992. The average molecular weight is 383 g/mol. The second-order valence-corrected chi connectivity index (χ2v) is 6.43. The molecule has 0 saturated carbocycles. The molecule has 0 atom stereocenters. The number of amides is 1. The zero-order valence-corrected chi connectivity index (χ0v) is 14.7. The van der Waals surface area contributed by atoms with Gasteiger partial charge in [-0.2, -0.15) is 13.2 Å². The number of aromatic nitrogens is 2. The lowest BCUT2D eigenvalue weighted by Gasteiger charge is -2.13. The molecule has 0 radical (unpaired) electrons. The van der Waals surface area contributed by atoms with Crippen LogP contribution in [-0.2, 0) is 11.0 Å². The van der Waals surface area contributed by atoms with Crippen molar-refractivity contribution in [2.45, 2.75) is 6.18 Å². The molecule has 2 heterocycles. The van der Waals surface area contributed by atoms with E-state index >= 15 is 0 Å². The topological polar surface area (TPSA) is 38.1 Å². The molecule has 0 bridgehead atoms. The van der Waals surface area contributed by atoms with E-state index in [9.17, 15) is 18.0 Å². The zero-order valence-electron chi connectivity index (χ0n) is 14.7. The Morgan fingerprint density at radius 1 is 1.07 bits per heavy atom. The lowest BCUT2D eigenvalue weighted by Crippen LogP contribution is -2.26. The molecule has 3 aromatic rings. The molecule has 28 heavy (non-hydrogen) atoms. The second kappa shape index (κ2) is 6.99. The SMILES string of the molecule is O=C(C=Cc1cc(C(F)(F)F)cc2ncn(-c3ccccc3)c12)N1CC=CC1. The van der Waals surface area contributed by atoms with Crippen LogP contribution in [0.1, 0.15) is 11.1 Å². The van der Waals surface area contributed by atoms with Crippen molar-refractivity contribution in [2.24, 2.45) is 0 Å². The molecule has 0 aliphatic carbocycles. The van der Waals surface area contributed by atoms with Crippen molar-refractivity contribution in [1.29, 1.82) is 0 Å². The first-order valence-electron chi connectivity index (χ1n) is 8.69. The third-order valence-corrected chi connectivity index (χ3v) is 4.57. The maximum atomic E-state index is 13.3. The van der Waals surface area contributed by atoms with Gasteiger partial charge in [0, 0.05) is 30.4 Å². The van der Waals surface area contributed by atoms with Crippen LogP contribution in [0.5, 0.6) is 0 Å². The highest BCUT2D eigenvalue weighted by Crippen LogP contribution is 2.34. The Labute approximate surface area is 159 Å². The Morgan fingerprint density at radius 2 is 1.79 bits per heavy atom. The van der Waals surface area contributed by atoms with Crippen molar-refractivity contribution in [3.05, 3.63) is 78.1 Å². The van der Waals surface area contributed by atoms with Crippen molar-refractivity contribution in [2.75, 3.05) is 13.1 Å². The van der Waals surface area contributed by atoms with Crippen molar-refractivity contribution in [1.82, 2.24) is 14.5 Å². The van der Waals surface area contributed by atoms with Gasteiger partial charge < -0.3 is 4.90 Å². The summed E-state index contributed by atoms with van der Waals surface area (Å²) in [4.78, 5) is 18.0. The minimum atomic E-state index is -4.50. The number of benzene rings is 2. The van der Waals surface area contributed by atoms with E-state index in [4.69, 9.17) is 0 Å². The Kier molecular flexibility index (Phi) is 4.50. The molecule has 1 aliphatic rings. The molecule has 2 aromatic carbocycles. The summed E-state index contributed by atoms with van der Waals surface area (Å²) in [7, 11) is 0. The van der Waals surface area contributed by atoms with Crippen molar-refractivity contribution >= 4 is 23.0 Å². The summed E-state index contributed by atoms with van der Waals surface area (Å²) >= 11 is 0. The van der Waals surface area contributed by atoms with E-state index in [-0.39, 0.29) is 17.0 Å². The van der Waals surface area contributed by atoms with Crippen LogP contribution in [0.4, 0.5) is 13.2 Å². The number of nitrogens with zero attached hydrogens (tertiary/aromatic N) is 3. The lowest BCUT2D eigenvalue weighted by atomic mass is 10.1. The van der Waals surface area contributed by atoms with E-state index in [1.165, 1.54) is 18.5 Å². The van der Waals surface area contributed by atoms with E-state index in [2.05, 4.69) is 4.98 Å². The van der Waals surface area contributed by atoms with Gasteiger partial charge >= 0.3 is 6.18 Å². The smallest absolute Gasteiger partial charge is 0.332 e. The van der Waals surface area contributed by atoms with E-state index in [0.717, 1.165) is 17.8 Å². The van der Waals surface area contributed by atoms with E-state index in [1.54, 1.807) is 9.47 Å². The Bertz CT molecular complexity index is 1070. The molecule has 4 nitrogen and oxygen atoms in total. The van der Waals surface area contributed by atoms with E-state index in [1.807, 2.05) is 42.5 Å². The number of fused-ring (bicyclic) bond motifs is 1. The number of halogens is 3. The maximum Gasteiger partial charge on any atom is 0.416 e. The average Bonchev–Trinajstić information content (AvgIpc) is 3.35. The predicted octanol–water partition coefficient (Wildman–Crippen LogP) is 4.46. The molecule has 0 saturated heterocycles. The molecule has 4 rings (SSSR count). The quantitative estimate of drug-likeness (QED) is 0.495. The fourth-order valence-corrected chi connectivity index (χ4v) is 3.18. The van der Waals surface area contributed by atoms with Gasteiger partial charge in [0.1, 0.15) is 6.33 Å². The number of alkyl halides is 3. The van der Waals surface area contributed by atoms with Crippen LogP contribution in [-0.4, -0.2) is 33.4 Å². The van der Waals surface area contributed by atoms with Crippen LogP contribution in [0.15, 0.2) is 67.0 Å². The van der Waals surface area contributed by atoms with Gasteiger partial charge in [0.25, 0.3) is 0 Å². The van der Waals surface area contributed by atoms with Gasteiger partial charge in [-0.3, -0.25) is 9.36 Å². The Balaban J connectivity index is 1.83. The van der Waals surface area contributed by atoms with Crippen molar-refractivity contribution < 1.29 is 18.0 Å². The van der Waals surface area contributed by atoms with Crippen LogP contribution >= 0.6 is 0 Å². The molecular weight excluding hydrogens is 367 g/mol. The molecule has 7 heteroatoms. The molecule has 142 valence electrons. The largest absolute Gasteiger partial charge is 0.416 e. The lowest BCUT2D eigenvalue weighted by molar-refractivity contribution is -0.137. The standard InChI is InChI=1S/C21H16F3N3O/c22-21(23,24)16-12-15(8-9-19(28)26-10-4-5-11-26)20-18(13-16)25-14-27(20)17-6-2-1-3-7-17/h1-9,12-14H,10-11H2. The van der Waals surface area contributed by atoms with E-state index in [0.29, 0.717) is 18.6 Å². The fraction of sp³-hybridized carbons (Fsp3) is 0.143. The highest BCUT2D eigenvalue weighted by molar-refractivity contribution is 5.96. The molecule has 0 N–H and O–H groups in total. The maximum absolute atomic E-state index is 13.3. The Morgan fingerprint density at radius 3 is 2.46 bits per heavy atom. The first-order chi connectivity index (χ1) is 13.4. The number of para-hydroxylation sites is 1. The van der Waals surface area contributed by atoms with E-state index < -0.39 is 11.7 Å². The third kappa shape index (κ3) is 3.43. The number of rotatable bonds is 3. The summed E-state index contributed by atoms with van der Waals surface area (Å²) in [5, 5.41) is 0. The molecular formula is C21H16F3N3O. The summed E-state index contributed by atoms with van der Waals surface area (Å²) in [6.45, 7) is 1.01. The summed E-state index contributed by atoms with van der Waals surface area (Å²) < 4.78 is 41.7. The van der Waals surface area contributed by atoms with Gasteiger partial charge in [0.05, 0.1) is 16.6 Å². The molecule has 0 spiro atoms. The van der Waals surface area contributed by atoms with Gasteiger partial charge in [-0.25, -0.2) is 4.98 Å². The molecule has 0 fully saturated rings. The van der Waals surface area contributed by atoms with Gasteiger partial charge in [-0.05, 0) is 30.3 Å². The Hall–Kier alpha value is -3.35. The fourth-order valence-electron chi connectivity index (χ4n) is 3.18. The first-order valence-corrected chi connectivity index (χ1v) is 8.69. The number of carbonyl (C=O) groups is 1. The van der Waals surface area contributed by atoms with Gasteiger partial charge in [0.2, 0.25) is 5.91 Å². The van der Waals surface area contributed by atoms with Crippen LogP contribution in [0, 0.1) is 0 Å². The highest BCUT2D eigenvalue weighted by Gasteiger charge is 2.32. The van der Waals surface area contributed by atoms with Crippen molar-refractivity contribution in [3.63, 3.8) is 0 Å². The van der Waals surface area contributed by atoms with Gasteiger partial charge in [-0.1, -0.05) is 30.4 Å². The number of hydrogen-bond donors (Lipinski definition) is 0. The minimum Gasteiger partial charge on any atom is -0.332 e. The van der Waals surface area contributed by atoms with Gasteiger partial charge in [0.15, 0.2) is 0 Å². The first kappa shape index (κ1) is 18.0. The highest BCUT2D eigenvalue weighted by atomic mass is 19.4. The summed E-state index contributed by atoms with van der Waals surface area (Å²) in [5.74, 6) is -0.249. The predicted molar refractivity (Wildman–Crippen MR) is 101 cm³/mol. The molecule has 1 aromatic heterocycles. The monoisotopic (exact) mass is 383 g/mol. The van der Waals surface area contributed by atoms with Crippen LogP contribution < -0.4 is 0 Å². The van der Waals surface area contributed by atoms with Crippen LogP contribution in [0.25, 0.3) is 22.8 Å². The van der Waals surface area contributed by atoms with Crippen molar-refractivity contribution in [3.8, 4) is 5.69 Å². The molecule has 1 aliphatic heterocycles.